The highest BCUT2D eigenvalue weighted by Gasteiger charge is 2.33. The van der Waals surface area contributed by atoms with E-state index in [1.54, 1.807) is 24.3 Å². The minimum absolute atomic E-state index is 0.141. The predicted molar refractivity (Wildman–Crippen MR) is 90.1 cm³/mol. The third-order valence-corrected chi connectivity index (χ3v) is 6.07. The molecule has 1 aromatic rings. The van der Waals surface area contributed by atoms with Crippen LogP contribution in [0.3, 0.4) is 0 Å². The molecule has 0 saturated carbocycles. The molecule has 2 rings (SSSR count). The Morgan fingerprint density at radius 3 is 2.70 bits per heavy atom. The van der Waals surface area contributed by atoms with Crippen LogP contribution in [-0.2, 0) is 14.8 Å². The molecule has 5 nitrogen and oxygen atoms in total. The largest absolute Gasteiger partial charge is 0.426 e. The summed E-state index contributed by atoms with van der Waals surface area (Å²) in [6.07, 6.45) is 2.78. The average Bonchev–Trinajstić information content (AvgIpc) is 2.55. The average molecular weight is 360 g/mol. The SMILES string of the molecule is CCCCS(=O)(=O)N1CCC[C@@H](C(=O)Oc2ccc(Cl)cc2)C1. The maximum absolute atomic E-state index is 12.3. The van der Waals surface area contributed by atoms with Crippen LogP contribution in [0.25, 0.3) is 0 Å². The normalized spacial score (nSPS) is 19.5. The van der Waals surface area contributed by atoms with E-state index in [1.165, 1.54) is 4.31 Å². The second-order valence-corrected chi connectivity index (χ2v) is 8.27. The zero-order valence-corrected chi connectivity index (χ0v) is 14.8. The van der Waals surface area contributed by atoms with Gasteiger partial charge in [0.2, 0.25) is 10.0 Å². The highest BCUT2D eigenvalue weighted by Crippen LogP contribution is 2.23. The molecule has 0 unspecified atom stereocenters. The van der Waals surface area contributed by atoms with Gasteiger partial charge in [0.15, 0.2) is 0 Å². The van der Waals surface area contributed by atoms with Crippen molar-refractivity contribution in [1.82, 2.24) is 4.31 Å². The van der Waals surface area contributed by atoms with Crippen LogP contribution < -0.4 is 4.74 Å². The standard InChI is InChI=1S/C16H22ClNO4S/c1-2-3-11-23(20,21)18-10-4-5-13(12-18)16(19)22-15-8-6-14(17)7-9-15/h6-9,13H,2-5,10-12H2,1H3/t13-/m1/s1. The first-order valence-electron chi connectivity index (χ1n) is 7.87. The Balaban J connectivity index is 1.97. The zero-order chi connectivity index (χ0) is 16.9. The summed E-state index contributed by atoms with van der Waals surface area (Å²) < 4.78 is 31.3. The first-order chi connectivity index (χ1) is 10.9. The summed E-state index contributed by atoms with van der Waals surface area (Å²) in [6.45, 7) is 2.65. The van der Waals surface area contributed by atoms with Gasteiger partial charge in [0.05, 0.1) is 11.7 Å². The molecule has 0 bridgehead atoms. The molecule has 1 aliphatic rings. The molecule has 23 heavy (non-hydrogen) atoms. The number of esters is 1. The minimum atomic E-state index is -3.28. The number of halogens is 1. The minimum Gasteiger partial charge on any atom is -0.426 e. The van der Waals surface area contributed by atoms with Crippen molar-refractivity contribution in [2.45, 2.75) is 32.6 Å². The number of hydrogen-bond donors (Lipinski definition) is 0. The van der Waals surface area contributed by atoms with Gasteiger partial charge < -0.3 is 4.74 Å². The molecule has 1 atom stereocenters. The number of ether oxygens (including phenoxy) is 1. The summed E-state index contributed by atoms with van der Waals surface area (Å²) in [6, 6.07) is 6.54. The lowest BCUT2D eigenvalue weighted by Crippen LogP contribution is -2.44. The summed E-state index contributed by atoms with van der Waals surface area (Å²) >= 11 is 5.79. The van der Waals surface area contributed by atoms with Crippen molar-refractivity contribution in [2.24, 2.45) is 5.92 Å². The molecule has 128 valence electrons. The molecule has 1 aliphatic heterocycles. The second kappa shape index (κ2) is 8.13. The molecule has 0 N–H and O–H groups in total. The number of piperidine rings is 1. The first-order valence-corrected chi connectivity index (χ1v) is 9.86. The Labute approximate surface area is 142 Å². The monoisotopic (exact) mass is 359 g/mol. The maximum atomic E-state index is 12.3. The van der Waals surface area contributed by atoms with Crippen molar-refractivity contribution in [3.05, 3.63) is 29.3 Å². The molecule has 1 fully saturated rings. The van der Waals surface area contributed by atoms with Crippen LogP contribution in [0.1, 0.15) is 32.6 Å². The van der Waals surface area contributed by atoms with Crippen LogP contribution in [0.5, 0.6) is 5.75 Å². The third-order valence-electron chi connectivity index (χ3n) is 3.90. The van der Waals surface area contributed by atoms with Crippen LogP contribution in [0.2, 0.25) is 5.02 Å². The van der Waals surface area contributed by atoms with E-state index in [4.69, 9.17) is 16.3 Å². The van der Waals surface area contributed by atoms with E-state index in [2.05, 4.69) is 0 Å². The molecule has 0 aliphatic carbocycles. The summed E-state index contributed by atoms with van der Waals surface area (Å²) in [5.41, 5.74) is 0. The number of sulfonamides is 1. The van der Waals surface area contributed by atoms with Crippen LogP contribution >= 0.6 is 11.6 Å². The number of hydrogen-bond acceptors (Lipinski definition) is 4. The van der Waals surface area contributed by atoms with Gasteiger partial charge in [-0.1, -0.05) is 24.9 Å². The van der Waals surface area contributed by atoms with E-state index in [-0.39, 0.29) is 18.3 Å². The van der Waals surface area contributed by atoms with E-state index < -0.39 is 15.9 Å². The van der Waals surface area contributed by atoms with Gasteiger partial charge >= 0.3 is 5.97 Å². The Morgan fingerprint density at radius 1 is 1.35 bits per heavy atom. The lowest BCUT2D eigenvalue weighted by atomic mass is 10.00. The molecule has 0 spiro atoms. The number of nitrogens with zero attached hydrogens (tertiary/aromatic N) is 1. The highest BCUT2D eigenvalue weighted by atomic mass is 35.5. The summed E-state index contributed by atoms with van der Waals surface area (Å²) in [5.74, 6) is -0.244. The Bertz CT molecular complexity index is 630. The molecule has 7 heteroatoms. The fraction of sp³-hybridized carbons (Fsp3) is 0.562. The van der Waals surface area contributed by atoms with Crippen LogP contribution in [0.4, 0.5) is 0 Å². The molecule has 1 aromatic carbocycles. The zero-order valence-electron chi connectivity index (χ0n) is 13.2. The number of benzene rings is 1. The van der Waals surface area contributed by atoms with E-state index >= 15 is 0 Å². The van der Waals surface area contributed by atoms with Crippen LogP contribution in [0.15, 0.2) is 24.3 Å². The molecule has 0 amide bonds. The van der Waals surface area contributed by atoms with E-state index in [0.717, 1.165) is 6.42 Å². The Hall–Kier alpha value is -1.11. The van der Waals surface area contributed by atoms with Gasteiger partial charge in [0.25, 0.3) is 0 Å². The van der Waals surface area contributed by atoms with Crippen molar-refractivity contribution < 1.29 is 17.9 Å². The Morgan fingerprint density at radius 2 is 2.04 bits per heavy atom. The molecule has 1 saturated heterocycles. The summed E-state index contributed by atoms with van der Waals surface area (Å²) in [5, 5.41) is 0.565. The van der Waals surface area contributed by atoms with Crippen LogP contribution in [-0.4, -0.2) is 37.5 Å². The van der Waals surface area contributed by atoms with Gasteiger partial charge in [-0.25, -0.2) is 12.7 Å². The summed E-state index contributed by atoms with van der Waals surface area (Å²) in [7, 11) is -3.28. The van der Waals surface area contributed by atoms with Crippen molar-refractivity contribution in [2.75, 3.05) is 18.8 Å². The predicted octanol–water partition coefficient (Wildman–Crippen LogP) is 3.09. The number of carbonyl (C=O) groups excluding carboxylic acids is 1. The van der Waals surface area contributed by atoms with Gasteiger partial charge in [-0.2, -0.15) is 0 Å². The van der Waals surface area contributed by atoms with Gasteiger partial charge in [-0.15, -0.1) is 0 Å². The smallest absolute Gasteiger partial charge is 0.315 e. The maximum Gasteiger partial charge on any atom is 0.315 e. The lowest BCUT2D eigenvalue weighted by molar-refractivity contribution is -0.140. The second-order valence-electron chi connectivity index (χ2n) is 5.74. The molecule has 0 aromatic heterocycles. The van der Waals surface area contributed by atoms with Gasteiger partial charge in [0, 0.05) is 18.1 Å². The summed E-state index contributed by atoms with van der Waals surface area (Å²) in [4.78, 5) is 12.3. The van der Waals surface area contributed by atoms with Crippen molar-refractivity contribution in [3.8, 4) is 5.75 Å². The van der Waals surface area contributed by atoms with Crippen LogP contribution in [0, 0.1) is 5.92 Å². The quantitative estimate of drug-likeness (QED) is 0.578. The van der Waals surface area contributed by atoms with Gasteiger partial charge in [-0.05, 0) is 43.5 Å². The third kappa shape index (κ3) is 5.19. The lowest BCUT2D eigenvalue weighted by Gasteiger charge is -2.30. The fourth-order valence-corrected chi connectivity index (χ4v) is 4.40. The van der Waals surface area contributed by atoms with E-state index in [0.29, 0.717) is 36.6 Å². The van der Waals surface area contributed by atoms with E-state index in [9.17, 15) is 13.2 Å². The van der Waals surface area contributed by atoms with E-state index in [1.807, 2.05) is 6.92 Å². The number of unbranched alkanes of at least 4 members (excludes halogenated alkanes) is 1. The topological polar surface area (TPSA) is 63.7 Å². The van der Waals surface area contributed by atoms with Gasteiger partial charge in [0.1, 0.15) is 5.75 Å². The van der Waals surface area contributed by atoms with Gasteiger partial charge in [-0.3, -0.25) is 4.79 Å². The first kappa shape index (κ1) is 18.2. The molecule has 1 heterocycles. The van der Waals surface area contributed by atoms with Crippen molar-refractivity contribution in [1.29, 1.82) is 0 Å². The number of carbonyl (C=O) groups is 1. The molecule has 0 radical (unpaired) electrons. The fourth-order valence-electron chi connectivity index (χ4n) is 2.55. The molecular weight excluding hydrogens is 338 g/mol. The highest BCUT2D eigenvalue weighted by molar-refractivity contribution is 7.89. The molecular formula is C16H22ClNO4S. The number of rotatable bonds is 6. The Kier molecular flexibility index (Phi) is 6.44. The van der Waals surface area contributed by atoms with Crippen molar-refractivity contribution in [3.63, 3.8) is 0 Å². The van der Waals surface area contributed by atoms with Crippen molar-refractivity contribution >= 4 is 27.6 Å².